The molecule has 0 unspecified atom stereocenters. The lowest BCUT2D eigenvalue weighted by molar-refractivity contribution is 0.126. The molecule has 1 saturated heterocycles. The molecule has 0 N–H and O–H groups in total. The lowest BCUT2D eigenvalue weighted by Gasteiger charge is -2.37. The minimum Gasteiger partial charge on any atom is -0.476 e. The van der Waals surface area contributed by atoms with E-state index in [2.05, 4.69) is 9.97 Å². The van der Waals surface area contributed by atoms with Gasteiger partial charge in [0.25, 0.3) is 0 Å². The number of ether oxygens (including phenoxy) is 1. The highest BCUT2D eigenvalue weighted by Gasteiger charge is 2.36. The Morgan fingerprint density at radius 2 is 1.95 bits per heavy atom. The smallest absolute Gasteiger partial charge is 0.243 e. The fourth-order valence-corrected chi connectivity index (χ4v) is 3.92. The van der Waals surface area contributed by atoms with Crippen LogP contribution in [0.5, 0.6) is 5.88 Å². The van der Waals surface area contributed by atoms with Crippen LogP contribution in [0.15, 0.2) is 47.6 Å². The van der Waals surface area contributed by atoms with Gasteiger partial charge < -0.3 is 4.74 Å². The maximum Gasteiger partial charge on any atom is 0.243 e. The molecule has 1 aliphatic heterocycles. The molecule has 2 heterocycles. The van der Waals surface area contributed by atoms with Crippen LogP contribution in [0.1, 0.15) is 0 Å². The van der Waals surface area contributed by atoms with E-state index in [1.54, 1.807) is 30.3 Å². The summed E-state index contributed by atoms with van der Waals surface area (Å²) in [7, 11) is -3.40. The van der Waals surface area contributed by atoms with Crippen LogP contribution in [-0.4, -0.2) is 42.4 Å². The molecule has 1 aromatic heterocycles. The van der Waals surface area contributed by atoms with Gasteiger partial charge in [-0.3, -0.25) is 4.98 Å². The molecule has 6 nitrogen and oxygen atoms in total. The van der Waals surface area contributed by atoms with Crippen molar-refractivity contribution in [2.24, 2.45) is 5.92 Å². The summed E-state index contributed by atoms with van der Waals surface area (Å²) in [6, 6.07) is 8.41. The molecule has 0 amide bonds. The van der Waals surface area contributed by atoms with Gasteiger partial charge in [-0.15, -0.1) is 0 Å². The monoisotopic (exact) mass is 339 g/mol. The molecule has 8 heteroatoms. The zero-order valence-corrected chi connectivity index (χ0v) is 13.2. The Morgan fingerprint density at radius 3 is 2.64 bits per heavy atom. The normalized spacial score (nSPS) is 16.2. The van der Waals surface area contributed by atoms with Crippen LogP contribution in [0.3, 0.4) is 0 Å². The molecule has 1 fully saturated rings. The van der Waals surface area contributed by atoms with Gasteiger partial charge in [0, 0.05) is 19.0 Å². The Bertz CT molecular complexity index is 749. The molecular formula is C14H14ClN3O3S. The van der Waals surface area contributed by atoms with Crippen molar-refractivity contribution in [2.75, 3.05) is 19.7 Å². The first-order chi connectivity index (χ1) is 10.6. The number of halogens is 1. The van der Waals surface area contributed by atoms with E-state index < -0.39 is 10.0 Å². The minimum atomic E-state index is -3.40. The quantitative estimate of drug-likeness (QED) is 0.831. The van der Waals surface area contributed by atoms with Gasteiger partial charge >= 0.3 is 0 Å². The van der Waals surface area contributed by atoms with Crippen LogP contribution in [0.25, 0.3) is 0 Å². The van der Waals surface area contributed by atoms with E-state index in [1.807, 2.05) is 0 Å². The Labute approximate surface area is 133 Å². The third kappa shape index (κ3) is 3.21. The summed E-state index contributed by atoms with van der Waals surface area (Å²) in [5.41, 5.74) is 0. The van der Waals surface area contributed by atoms with Crippen molar-refractivity contribution in [1.29, 1.82) is 0 Å². The second-order valence-corrected chi connectivity index (χ2v) is 7.32. The Balaban J connectivity index is 1.54. The van der Waals surface area contributed by atoms with Crippen molar-refractivity contribution < 1.29 is 13.2 Å². The highest BCUT2D eigenvalue weighted by atomic mass is 35.5. The topological polar surface area (TPSA) is 72.4 Å². The zero-order valence-electron chi connectivity index (χ0n) is 11.6. The van der Waals surface area contributed by atoms with E-state index in [-0.39, 0.29) is 11.1 Å². The number of hydrogen-bond donors (Lipinski definition) is 0. The average Bonchev–Trinajstić information content (AvgIpc) is 2.46. The molecule has 0 atom stereocenters. The van der Waals surface area contributed by atoms with Crippen molar-refractivity contribution in [3.63, 3.8) is 0 Å². The molecule has 2 aromatic rings. The van der Waals surface area contributed by atoms with Gasteiger partial charge in [0.15, 0.2) is 5.15 Å². The van der Waals surface area contributed by atoms with E-state index in [4.69, 9.17) is 16.3 Å². The van der Waals surface area contributed by atoms with Gasteiger partial charge in [0.1, 0.15) is 0 Å². The summed E-state index contributed by atoms with van der Waals surface area (Å²) < 4.78 is 31.6. The molecule has 0 saturated carbocycles. The average molecular weight is 340 g/mol. The maximum absolute atomic E-state index is 12.3. The second kappa shape index (κ2) is 6.20. The van der Waals surface area contributed by atoms with Crippen LogP contribution >= 0.6 is 11.6 Å². The summed E-state index contributed by atoms with van der Waals surface area (Å²) in [6.45, 7) is 1.26. The Hall–Kier alpha value is -1.70. The number of aromatic nitrogens is 2. The standard InChI is InChI=1S/C14H14ClN3O3S/c15-13-6-16-7-14(17-13)21-10-11-8-18(9-11)22(19,20)12-4-2-1-3-5-12/h1-7,11H,8-10H2. The summed E-state index contributed by atoms with van der Waals surface area (Å²) in [6.07, 6.45) is 2.90. The van der Waals surface area contributed by atoms with Crippen molar-refractivity contribution >= 4 is 21.6 Å². The lowest BCUT2D eigenvalue weighted by Crippen LogP contribution is -2.51. The van der Waals surface area contributed by atoms with Crippen molar-refractivity contribution in [1.82, 2.24) is 14.3 Å². The van der Waals surface area contributed by atoms with E-state index >= 15 is 0 Å². The molecule has 1 aromatic carbocycles. The third-order valence-electron chi connectivity index (χ3n) is 3.35. The van der Waals surface area contributed by atoms with Crippen LogP contribution in [-0.2, 0) is 10.0 Å². The minimum absolute atomic E-state index is 0.138. The van der Waals surface area contributed by atoms with Gasteiger partial charge in [-0.2, -0.15) is 9.29 Å². The molecule has 3 rings (SSSR count). The van der Waals surface area contributed by atoms with Crippen LogP contribution in [0.4, 0.5) is 0 Å². The third-order valence-corrected chi connectivity index (χ3v) is 5.38. The molecule has 116 valence electrons. The summed E-state index contributed by atoms with van der Waals surface area (Å²) in [5, 5.41) is 0.263. The summed E-state index contributed by atoms with van der Waals surface area (Å²) in [4.78, 5) is 8.16. The van der Waals surface area contributed by atoms with Gasteiger partial charge in [0.2, 0.25) is 15.9 Å². The summed E-state index contributed by atoms with van der Waals surface area (Å²) >= 11 is 5.72. The first-order valence-corrected chi connectivity index (χ1v) is 8.53. The predicted octanol–water partition coefficient (Wildman–Crippen LogP) is 1.83. The van der Waals surface area contributed by atoms with Gasteiger partial charge in [-0.1, -0.05) is 29.8 Å². The first kappa shape index (κ1) is 15.2. The SMILES string of the molecule is O=S(=O)(c1ccccc1)N1CC(COc2cncc(Cl)n2)C1. The fourth-order valence-electron chi connectivity index (χ4n) is 2.16. The van der Waals surface area contributed by atoms with Crippen LogP contribution < -0.4 is 4.74 Å². The lowest BCUT2D eigenvalue weighted by atomic mass is 10.1. The maximum atomic E-state index is 12.3. The van der Waals surface area contributed by atoms with Crippen LogP contribution in [0, 0.1) is 5.92 Å². The fraction of sp³-hybridized carbons (Fsp3) is 0.286. The van der Waals surface area contributed by atoms with E-state index in [1.165, 1.54) is 16.7 Å². The van der Waals surface area contributed by atoms with Crippen molar-refractivity contribution in [3.05, 3.63) is 47.9 Å². The first-order valence-electron chi connectivity index (χ1n) is 6.71. The van der Waals surface area contributed by atoms with Gasteiger partial charge in [-0.05, 0) is 12.1 Å². The largest absolute Gasteiger partial charge is 0.476 e. The number of rotatable bonds is 5. The summed E-state index contributed by atoms with van der Waals surface area (Å²) in [5.74, 6) is 0.483. The molecule has 0 spiro atoms. The molecule has 1 aliphatic rings. The molecular weight excluding hydrogens is 326 g/mol. The Kier molecular flexibility index (Phi) is 4.28. The number of hydrogen-bond acceptors (Lipinski definition) is 5. The number of sulfonamides is 1. The zero-order chi connectivity index (χ0) is 15.6. The van der Waals surface area contributed by atoms with Crippen molar-refractivity contribution in [3.8, 4) is 5.88 Å². The molecule has 0 radical (unpaired) electrons. The Morgan fingerprint density at radius 1 is 1.23 bits per heavy atom. The van der Waals surface area contributed by atoms with E-state index in [9.17, 15) is 8.42 Å². The highest BCUT2D eigenvalue weighted by molar-refractivity contribution is 7.89. The number of benzene rings is 1. The number of nitrogens with zero attached hydrogens (tertiary/aromatic N) is 3. The predicted molar refractivity (Wildman–Crippen MR) is 81.2 cm³/mol. The van der Waals surface area contributed by atoms with E-state index in [0.29, 0.717) is 30.5 Å². The van der Waals surface area contributed by atoms with Crippen molar-refractivity contribution in [2.45, 2.75) is 4.90 Å². The molecule has 0 bridgehead atoms. The van der Waals surface area contributed by atoms with Gasteiger partial charge in [0.05, 0.1) is 23.9 Å². The molecule has 0 aliphatic carbocycles. The van der Waals surface area contributed by atoms with Crippen LogP contribution in [0.2, 0.25) is 5.15 Å². The highest BCUT2D eigenvalue weighted by Crippen LogP contribution is 2.25. The second-order valence-electron chi connectivity index (χ2n) is 4.99. The van der Waals surface area contributed by atoms with E-state index in [0.717, 1.165) is 0 Å². The van der Waals surface area contributed by atoms with Gasteiger partial charge in [-0.25, -0.2) is 8.42 Å². The molecule has 22 heavy (non-hydrogen) atoms.